The van der Waals surface area contributed by atoms with E-state index in [4.69, 9.17) is 0 Å². The Bertz CT molecular complexity index is 875. The average Bonchev–Trinajstić information content (AvgIpc) is 2.96. The summed E-state index contributed by atoms with van der Waals surface area (Å²) in [6, 6.07) is 0. The quantitative estimate of drug-likeness (QED) is 0.479. The fourth-order valence-electron chi connectivity index (χ4n) is 7.94. The first-order chi connectivity index (χ1) is 15.1. The third-order valence-electron chi connectivity index (χ3n) is 9.62. The molecule has 1 amide bonds. The highest BCUT2D eigenvalue weighted by Gasteiger charge is 2.69. The van der Waals surface area contributed by atoms with Gasteiger partial charge in [-0.25, -0.2) is 0 Å². The Kier molecular flexibility index (Phi) is 6.02. The molecule has 0 bridgehead atoms. The van der Waals surface area contributed by atoms with Crippen LogP contribution in [0.4, 0.5) is 0 Å². The Hall–Kier alpha value is -1.75. The van der Waals surface area contributed by atoms with E-state index >= 15 is 0 Å². The molecule has 7 atom stereocenters. The number of nitrogens with one attached hydrogen (secondary N) is 1. The number of ketones is 2. The van der Waals surface area contributed by atoms with Crippen LogP contribution in [0.2, 0.25) is 0 Å². The van der Waals surface area contributed by atoms with Crippen LogP contribution in [0.5, 0.6) is 0 Å². The van der Waals surface area contributed by atoms with E-state index in [0.717, 1.165) is 44.9 Å². The average molecular weight is 442 g/mol. The van der Waals surface area contributed by atoms with Crippen molar-refractivity contribution in [3.63, 3.8) is 0 Å². The summed E-state index contributed by atoms with van der Waals surface area (Å²) in [6.45, 7) is 8.92. The van der Waals surface area contributed by atoms with Gasteiger partial charge in [-0.05, 0) is 68.4 Å². The van der Waals surface area contributed by atoms with E-state index < -0.39 is 22.8 Å². The minimum Gasteiger partial charge on any atom is -0.389 e. The Morgan fingerprint density at radius 2 is 1.94 bits per heavy atom. The largest absolute Gasteiger partial charge is 0.389 e. The van der Waals surface area contributed by atoms with Crippen LogP contribution in [-0.4, -0.2) is 34.7 Å². The number of fused-ring (bicyclic) bond motifs is 5. The van der Waals surface area contributed by atoms with Crippen molar-refractivity contribution in [1.82, 2.24) is 5.32 Å². The van der Waals surface area contributed by atoms with Crippen LogP contribution < -0.4 is 5.32 Å². The third kappa shape index (κ3) is 3.34. The smallest absolute Gasteiger partial charge is 0.287 e. The molecule has 0 heterocycles. The molecule has 0 aromatic carbocycles. The maximum atomic E-state index is 13.3. The lowest BCUT2D eigenvalue weighted by Crippen LogP contribution is -2.61. The van der Waals surface area contributed by atoms with E-state index in [-0.39, 0.29) is 34.7 Å². The highest BCUT2D eigenvalue weighted by Crippen LogP contribution is 2.68. The molecule has 5 heteroatoms. The zero-order valence-corrected chi connectivity index (χ0v) is 20.1. The number of rotatable bonds is 6. The molecule has 0 aromatic rings. The molecule has 0 aromatic heterocycles. The van der Waals surface area contributed by atoms with Crippen molar-refractivity contribution < 1.29 is 19.5 Å². The van der Waals surface area contributed by atoms with E-state index in [1.165, 1.54) is 5.57 Å². The number of hydrogen-bond donors (Lipinski definition) is 2. The van der Waals surface area contributed by atoms with Gasteiger partial charge in [0.15, 0.2) is 5.78 Å². The molecule has 4 aliphatic rings. The summed E-state index contributed by atoms with van der Waals surface area (Å²) in [5, 5.41) is 15.1. The molecule has 0 radical (unpaired) electrons. The van der Waals surface area contributed by atoms with Crippen molar-refractivity contribution in [2.75, 3.05) is 6.54 Å². The second kappa shape index (κ2) is 8.23. The Balaban J connectivity index is 1.58. The van der Waals surface area contributed by atoms with Gasteiger partial charge < -0.3 is 10.4 Å². The van der Waals surface area contributed by atoms with E-state index in [0.29, 0.717) is 13.0 Å². The zero-order chi connectivity index (χ0) is 23.3. The molecular formula is C27H39NO4. The van der Waals surface area contributed by atoms with Gasteiger partial charge in [-0.15, -0.1) is 0 Å². The summed E-state index contributed by atoms with van der Waals surface area (Å²) in [5.41, 5.74) is -0.599. The number of hydrogen-bond acceptors (Lipinski definition) is 4. The Morgan fingerprint density at radius 3 is 2.66 bits per heavy atom. The van der Waals surface area contributed by atoms with Gasteiger partial charge in [0.2, 0.25) is 5.78 Å². The standard InChI is InChI=1S/C27H39NO4/c1-5-6-7-14-28-24(31)23(30)22-17(2)16-27(32)21-9-8-18-15-19(29)10-12-25(18,3)20(21)11-13-26(22,27)4/h10,12,15,17,20-22,32H,5-9,11,13-14,16H2,1-4H3,(H,28,31)/t17-,20+,21-,22-,25+,26-,27?/m1/s1. The predicted octanol–water partition coefficient (Wildman–Crippen LogP) is 4.15. The van der Waals surface area contributed by atoms with E-state index in [1.54, 1.807) is 12.2 Å². The van der Waals surface area contributed by atoms with Gasteiger partial charge in [-0.2, -0.15) is 0 Å². The topological polar surface area (TPSA) is 83.5 Å². The van der Waals surface area contributed by atoms with Crippen LogP contribution in [0.3, 0.4) is 0 Å². The molecule has 4 aliphatic carbocycles. The third-order valence-corrected chi connectivity index (χ3v) is 9.62. The Labute approximate surface area is 192 Å². The van der Waals surface area contributed by atoms with E-state index in [1.807, 2.05) is 13.8 Å². The van der Waals surface area contributed by atoms with Crippen molar-refractivity contribution in [3.05, 3.63) is 23.8 Å². The molecule has 1 unspecified atom stereocenters. The van der Waals surface area contributed by atoms with Crippen molar-refractivity contribution in [2.45, 2.75) is 84.7 Å². The minimum atomic E-state index is -0.970. The zero-order valence-electron chi connectivity index (χ0n) is 20.1. The minimum absolute atomic E-state index is 0.0362. The molecule has 4 rings (SSSR count). The molecule has 176 valence electrons. The number of carbonyl (C=O) groups excluding carboxylic acids is 3. The molecular weight excluding hydrogens is 402 g/mol. The summed E-state index contributed by atoms with van der Waals surface area (Å²) < 4.78 is 0. The highest BCUT2D eigenvalue weighted by atomic mass is 16.3. The van der Waals surface area contributed by atoms with Crippen molar-refractivity contribution in [1.29, 1.82) is 0 Å². The molecule has 32 heavy (non-hydrogen) atoms. The fraction of sp³-hybridized carbons (Fsp3) is 0.741. The van der Waals surface area contributed by atoms with Crippen LogP contribution in [0.15, 0.2) is 23.8 Å². The molecule has 3 fully saturated rings. The Morgan fingerprint density at radius 1 is 1.19 bits per heavy atom. The second-order valence-corrected chi connectivity index (χ2v) is 11.3. The monoisotopic (exact) mass is 441 g/mol. The summed E-state index contributed by atoms with van der Waals surface area (Å²) in [5.74, 6) is -0.959. The first-order valence-corrected chi connectivity index (χ1v) is 12.6. The number of allylic oxidation sites excluding steroid dienone is 4. The first kappa shape index (κ1) is 23.4. The molecule has 0 aliphatic heterocycles. The SMILES string of the molecule is CCCCCNC(=O)C(=O)[C@H]1[C@H](C)CC2(O)[C@@H]3CCC4=CC(=O)C=C[C@]4(C)[C@H]3CC[C@]12C. The lowest BCUT2D eigenvalue weighted by atomic mass is 9.46. The number of aliphatic hydroxyl groups is 1. The predicted molar refractivity (Wildman–Crippen MR) is 124 cm³/mol. The summed E-state index contributed by atoms with van der Waals surface area (Å²) in [4.78, 5) is 38.0. The number of amides is 1. The summed E-state index contributed by atoms with van der Waals surface area (Å²) in [7, 11) is 0. The number of carbonyl (C=O) groups is 3. The van der Waals surface area contributed by atoms with Gasteiger partial charge in [0.1, 0.15) is 0 Å². The molecule has 5 nitrogen and oxygen atoms in total. The van der Waals surface area contributed by atoms with Gasteiger partial charge in [0, 0.05) is 23.3 Å². The fourth-order valence-corrected chi connectivity index (χ4v) is 7.94. The molecule has 3 saturated carbocycles. The first-order valence-electron chi connectivity index (χ1n) is 12.6. The van der Waals surface area contributed by atoms with Gasteiger partial charge in [0.25, 0.3) is 5.91 Å². The normalized spacial score (nSPS) is 42.5. The van der Waals surface area contributed by atoms with Crippen LogP contribution >= 0.6 is 0 Å². The van der Waals surface area contributed by atoms with Crippen LogP contribution in [-0.2, 0) is 14.4 Å². The number of Topliss-reactive ketones (excluding diaryl/α,β-unsaturated/α-hetero) is 1. The second-order valence-electron chi connectivity index (χ2n) is 11.3. The van der Waals surface area contributed by atoms with Gasteiger partial charge >= 0.3 is 0 Å². The van der Waals surface area contributed by atoms with Crippen molar-refractivity contribution >= 4 is 17.5 Å². The molecule has 2 N–H and O–H groups in total. The number of unbranched alkanes of at least 4 members (excludes halogenated alkanes) is 2. The summed E-state index contributed by atoms with van der Waals surface area (Å²) >= 11 is 0. The van der Waals surface area contributed by atoms with Crippen LogP contribution in [0.1, 0.15) is 79.1 Å². The maximum Gasteiger partial charge on any atom is 0.287 e. The van der Waals surface area contributed by atoms with Gasteiger partial charge in [-0.3, -0.25) is 14.4 Å². The van der Waals surface area contributed by atoms with Crippen LogP contribution in [0.25, 0.3) is 0 Å². The van der Waals surface area contributed by atoms with Crippen molar-refractivity contribution in [3.8, 4) is 0 Å². The molecule has 0 saturated heterocycles. The van der Waals surface area contributed by atoms with E-state index in [2.05, 4.69) is 25.2 Å². The van der Waals surface area contributed by atoms with Gasteiger partial charge in [-0.1, -0.05) is 52.2 Å². The van der Waals surface area contributed by atoms with Crippen LogP contribution in [0, 0.1) is 34.5 Å². The van der Waals surface area contributed by atoms with Gasteiger partial charge in [0.05, 0.1) is 5.60 Å². The molecule has 0 spiro atoms. The highest BCUT2D eigenvalue weighted by molar-refractivity contribution is 6.37. The summed E-state index contributed by atoms with van der Waals surface area (Å²) in [6.07, 6.45) is 12.3. The maximum absolute atomic E-state index is 13.3. The lowest BCUT2D eigenvalue weighted by molar-refractivity contribution is -0.181. The van der Waals surface area contributed by atoms with E-state index in [9.17, 15) is 19.5 Å². The van der Waals surface area contributed by atoms with Crippen molar-refractivity contribution in [2.24, 2.45) is 34.5 Å². The lowest BCUT2D eigenvalue weighted by Gasteiger charge is -2.60.